The lowest BCUT2D eigenvalue weighted by atomic mass is 9.90. The van der Waals surface area contributed by atoms with Gasteiger partial charge in [-0.15, -0.1) is 0 Å². The highest BCUT2D eigenvalue weighted by Gasteiger charge is 2.33. The van der Waals surface area contributed by atoms with Crippen LogP contribution in [0.4, 0.5) is 13.2 Å². The molecule has 0 saturated heterocycles. The second-order valence-corrected chi connectivity index (χ2v) is 6.23. The Morgan fingerprint density at radius 3 is 2.62 bits per heavy atom. The Balaban J connectivity index is 2.23. The summed E-state index contributed by atoms with van der Waals surface area (Å²) in [6, 6.07) is 5.86. The first-order valence-corrected chi connectivity index (χ1v) is 7.82. The van der Waals surface area contributed by atoms with Crippen molar-refractivity contribution in [3.8, 4) is 0 Å². The van der Waals surface area contributed by atoms with Gasteiger partial charge in [-0.3, -0.25) is 0 Å². The maximum absolute atomic E-state index is 12.9. The van der Waals surface area contributed by atoms with Gasteiger partial charge in [0.05, 0.1) is 5.56 Å². The lowest BCUT2D eigenvalue weighted by molar-refractivity contribution is -0.137. The number of rotatable bonds is 5. The maximum atomic E-state index is 12.9. The third kappa shape index (κ3) is 4.22. The van der Waals surface area contributed by atoms with Gasteiger partial charge in [0.2, 0.25) is 0 Å². The molecule has 1 aliphatic carbocycles. The van der Waals surface area contributed by atoms with Crippen molar-refractivity contribution < 1.29 is 13.2 Å². The van der Waals surface area contributed by atoms with Crippen LogP contribution in [0.1, 0.15) is 56.7 Å². The molecule has 118 valence electrons. The summed E-state index contributed by atoms with van der Waals surface area (Å²) in [6.45, 7) is 5.14. The number of hydrogen-bond donors (Lipinski definition) is 1. The van der Waals surface area contributed by atoms with Crippen molar-refractivity contribution in [2.24, 2.45) is 11.8 Å². The zero-order valence-corrected chi connectivity index (χ0v) is 12.7. The molecule has 0 bridgehead atoms. The Hall–Kier alpha value is -1.03. The van der Waals surface area contributed by atoms with Gasteiger partial charge in [-0.2, -0.15) is 13.2 Å². The highest BCUT2D eigenvalue weighted by molar-refractivity contribution is 5.28. The largest absolute Gasteiger partial charge is 0.416 e. The molecule has 0 radical (unpaired) electrons. The van der Waals surface area contributed by atoms with Crippen LogP contribution in [0.25, 0.3) is 0 Å². The molecule has 21 heavy (non-hydrogen) atoms. The van der Waals surface area contributed by atoms with E-state index in [0.717, 1.165) is 37.4 Å². The van der Waals surface area contributed by atoms with E-state index in [1.54, 1.807) is 0 Å². The second-order valence-electron chi connectivity index (χ2n) is 6.23. The van der Waals surface area contributed by atoms with E-state index in [2.05, 4.69) is 19.2 Å². The van der Waals surface area contributed by atoms with Crippen LogP contribution in [0.5, 0.6) is 0 Å². The SMILES string of the molecule is CCCNC(c1cccc(C(F)(F)F)c1)C1CCC(C)C1. The molecule has 1 aromatic rings. The predicted molar refractivity (Wildman–Crippen MR) is 79.0 cm³/mol. The summed E-state index contributed by atoms with van der Waals surface area (Å²) in [5.41, 5.74) is 0.228. The van der Waals surface area contributed by atoms with E-state index in [-0.39, 0.29) is 6.04 Å². The molecule has 2 rings (SSSR count). The molecule has 4 heteroatoms. The predicted octanol–water partition coefficient (Wildman–Crippen LogP) is 5.18. The van der Waals surface area contributed by atoms with Crippen LogP contribution >= 0.6 is 0 Å². The summed E-state index contributed by atoms with van der Waals surface area (Å²) in [4.78, 5) is 0. The van der Waals surface area contributed by atoms with Crippen molar-refractivity contribution in [2.75, 3.05) is 6.54 Å². The fourth-order valence-electron chi connectivity index (χ4n) is 3.32. The molecule has 3 atom stereocenters. The summed E-state index contributed by atoms with van der Waals surface area (Å²) in [7, 11) is 0. The van der Waals surface area contributed by atoms with Crippen molar-refractivity contribution >= 4 is 0 Å². The molecule has 1 aromatic carbocycles. The first kappa shape index (κ1) is 16.3. The minimum atomic E-state index is -4.27. The van der Waals surface area contributed by atoms with Crippen molar-refractivity contribution in [2.45, 2.75) is 51.7 Å². The topological polar surface area (TPSA) is 12.0 Å². The number of nitrogens with one attached hydrogen (secondary N) is 1. The first-order valence-electron chi connectivity index (χ1n) is 7.82. The van der Waals surface area contributed by atoms with Crippen LogP contribution in [-0.2, 0) is 6.18 Å². The number of hydrogen-bond acceptors (Lipinski definition) is 1. The van der Waals surface area contributed by atoms with Gasteiger partial charge in [0.15, 0.2) is 0 Å². The number of halogens is 3. The zero-order chi connectivity index (χ0) is 15.5. The van der Waals surface area contributed by atoms with Gasteiger partial charge in [-0.05, 0) is 55.3 Å². The summed E-state index contributed by atoms with van der Waals surface area (Å²) < 4.78 is 38.7. The quantitative estimate of drug-likeness (QED) is 0.789. The standard InChI is InChI=1S/C17H24F3N/c1-3-9-21-16(14-8-7-12(2)10-14)13-5-4-6-15(11-13)17(18,19)20/h4-6,11-12,14,16,21H,3,7-10H2,1-2H3. The number of alkyl halides is 3. The summed E-state index contributed by atoms with van der Waals surface area (Å²) in [5, 5.41) is 3.46. The third-order valence-corrected chi connectivity index (χ3v) is 4.39. The average Bonchev–Trinajstić information content (AvgIpc) is 2.85. The minimum Gasteiger partial charge on any atom is -0.310 e. The molecule has 0 aliphatic heterocycles. The number of benzene rings is 1. The molecular formula is C17H24F3N. The molecule has 1 fully saturated rings. The molecule has 1 saturated carbocycles. The second kappa shape index (κ2) is 6.82. The van der Waals surface area contributed by atoms with E-state index in [1.807, 2.05) is 6.07 Å². The van der Waals surface area contributed by atoms with Crippen LogP contribution in [-0.4, -0.2) is 6.54 Å². The first-order chi connectivity index (χ1) is 9.91. The molecule has 3 unspecified atom stereocenters. The van der Waals surface area contributed by atoms with Crippen molar-refractivity contribution in [1.82, 2.24) is 5.32 Å². The van der Waals surface area contributed by atoms with E-state index in [9.17, 15) is 13.2 Å². The summed E-state index contributed by atoms with van der Waals surface area (Å²) in [6.07, 6.45) is 0.0797. The average molecular weight is 299 g/mol. The Bertz CT molecular complexity index is 456. The molecule has 0 amide bonds. The van der Waals surface area contributed by atoms with E-state index < -0.39 is 11.7 Å². The van der Waals surface area contributed by atoms with Gasteiger partial charge in [0, 0.05) is 6.04 Å². The van der Waals surface area contributed by atoms with Crippen LogP contribution < -0.4 is 5.32 Å². The minimum absolute atomic E-state index is 0.0391. The third-order valence-electron chi connectivity index (χ3n) is 4.39. The van der Waals surface area contributed by atoms with E-state index in [1.165, 1.54) is 18.6 Å². The molecule has 1 N–H and O–H groups in total. The summed E-state index contributed by atoms with van der Waals surface area (Å²) in [5.74, 6) is 1.11. The molecule has 1 aliphatic rings. The Kier molecular flexibility index (Phi) is 5.31. The van der Waals surface area contributed by atoms with Gasteiger partial charge in [0.1, 0.15) is 0 Å². The van der Waals surface area contributed by atoms with E-state index in [4.69, 9.17) is 0 Å². The fourth-order valence-corrected chi connectivity index (χ4v) is 3.32. The van der Waals surface area contributed by atoms with Crippen LogP contribution in [0, 0.1) is 11.8 Å². The van der Waals surface area contributed by atoms with Crippen molar-refractivity contribution in [3.63, 3.8) is 0 Å². The van der Waals surface area contributed by atoms with Gasteiger partial charge < -0.3 is 5.32 Å². The van der Waals surface area contributed by atoms with Gasteiger partial charge in [-0.25, -0.2) is 0 Å². The van der Waals surface area contributed by atoms with Crippen LogP contribution in [0.2, 0.25) is 0 Å². The fraction of sp³-hybridized carbons (Fsp3) is 0.647. The molecular weight excluding hydrogens is 275 g/mol. The molecule has 0 heterocycles. The Labute approximate surface area is 124 Å². The highest BCUT2D eigenvalue weighted by Crippen LogP contribution is 2.40. The smallest absolute Gasteiger partial charge is 0.310 e. The van der Waals surface area contributed by atoms with Gasteiger partial charge in [-0.1, -0.05) is 32.4 Å². The van der Waals surface area contributed by atoms with Gasteiger partial charge in [0.25, 0.3) is 0 Å². The highest BCUT2D eigenvalue weighted by atomic mass is 19.4. The Morgan fingerprint density at radius 1 is 1.29 bits per heavy atom. The normalized spacial score (nSPS) is 24.2. The van der Waals surface area contributed by atoms with E-state index in [0.29, 0.717) is 11.8 Å². The Morgan fingerprint density at radius 2 is 2.05 bits per heavy atom. The van der Waals surface area contributed by atoms with Crippen LogP contribution in [0.15, 0.2) is 24.3 Å². The molecule has 1 nitrogen and oxygen atoms in total. The lowest BCUT2D eigenvalue weighted by Crippen LogP contribution is -2.28. The van der Waals surface area contributed by atoms with E-state index >= 15 is 0 Å². The molecule has 0 spiro atoms. The van der Waals surface area contributed by atoms with Crippen molar-refractivity contribution in [1.29, 1.82) is 0 Å². The zero-order valence-electron chi connectivity index (χ0n) is 12.7. The maximum Gasteiger partial charge on any atom is 0.416 e. The monoisotopic (exact) mass is 299 g/mol. The van der Waals surface area contributed by atoms with Gasteiger partial charge >= 0.3 is 6.18 Å². The van der Waals surface area contributed by atoms with Crippen LogP contribution in [0.3, 0.4) is 0 Å². The summed E-state index contributed by atoms with van der Waals surface area (Å²) >= 11 is 0. The lowest BCUT2D eigenvalue weighted by Gasteiger charge is -2.26. The molecule has 0 aromatic heterocycles. The van der Waals surface area contributed by atoms with Crippen molar-refractivity contribution in [3.05, 3.63) is 35.4 Å².